The molecule has 18 heavy (non-hydrogen) atoms. The monoisotopic (exact) mass is 287 g/mol. The van der Waals surface area contributed by atoms with Crippen molar-refractivity contribution in [1.29, 1.82) is 0 Å². The molecule has 0 spiro atoms. The third kappa shape index (κ3) is 2.79. The van der Waals surface area contributed by atoms with Crippen molar-refractivity contribution in [3.63, 3.8) is 0 Å². The maximum absolute atomic E-state index is 13.0. The minimum atomic E-state index is -0.500. The van der Waals surface area contributed by atoms with E-state index in [-0.39, 0.29) is 11.0 Å². The van der Waals surface area contributed by atoms with E-state index in [2.05, 4.69) is 20.7 Å². The lowest BCUT2D eigenvalue weighted by molar-refractivity contribution is 0.628. The summed E-state index contributed by atoms with van der Waals surface area (Å²) in [6, 6.07) is 4.17. The highest BCUT2D eigenvalue weighted by Crippen LogP contribution is 2.26. The molecule has 1 aromatic carbocycles. The van der Waals surface area contributed by atoms with E-state index in [0.717, 1.165) is 0 Å². The zero-order valence-electron chi connectivity index (χ0n) is 8.92. The van der Waals surface area contributed by atoms with Crippen molar-refractivity contribution in [3.05, 3.63) is 40.3 Å². The number of benzene rings is 1. The van der Waals surface area contributed by atoms with E-state index in [1.165, 1.54) is 24.4 Å². The molecule has 1 aromatic heterocycles. The summed E-state index contributed by atoms with van der Waals surface area (Å²) < 4.78 is 13.0. The molecule has 0 unspecified atom stereocenters. The Morgan fingerprint density at radius 3 is 2.67 bits per heavy atom. The smallest absolute Gasteiger partial charge is 0.239 e. The molecule has 2 aromatic rings. The van der Waals surface area contributed by atoms with Gasteiger partial charge in [-0.25, -0.2) is 15.2 Å². The van der Waals surface area contributed by atoms with Gasteiger partial charge in [-0.1, -0.05) is 23.2 Å². The van der Waals surface area contributed by atoms with Crippen LogP contribution in [0.3, 0.4) is 0 Å². The molecule has 0 fully saturated rings. The summed E-state index contributed by atoms with van der Waals surface area (Å²) in [5.41, 5.74) is 2.84. The predicted molar refractivity (Wildman–Crippen MR) is 69.5 cm³/mol. The number of hydrazine groups is 1. The number of nitrogens with zero attached hydrogens (tertiary/aromatic N) is 2. The van der Waals surface area contributed by atoms with Crippen LogP contribution in [-0.2, 0) is 0 Å². The van der Waals surface area contributed by atoms with Crippen LogP contribution in [-0.4, -0.2) is 9.97 Å². The first kappa shape index (κ1) is 12.8. The third-order valence-corrected chi connectivity index (χ3v) is 2.62. The molecule has 0 saturated carbocycles. The quantitative estimate of drug-likeness (QED) is 0.598. The second-order valence-electron chi connectivity index (χ2n) is 3.29. The highest BCUT2D eigenvalue weighted by molar-refractivity contribution is 6.33. The second-order valence-corrected chi connectivity index (χ2v) is 4.10. The Bertz CT molecular complexity index is 578. The lowest BCUT2D eigenvalue weighted by Gasteiger charge is -2.09. The van der Waals surface area contributed by atoms with E-state index in [1.807, 2.05) is 0 Å². The summed E-state index contributed by atoms with van der Waals surface area (Å²) in [4.78, 5) is 7.84. The average Bonchev–Trinajstić information content (AvgIpc) is 2.36. The summed E-state index contributed by atoms with van der Waals surface area (Å²) in [5.74, 6) is 5.23. The number of halogens is 3. The number of nitrogens with two attached hydrogens (primary N) is 1. The molecule has 0 atom stereocenters. The van der Waals surface area contributed by atoms with E-state index >= 15 is 0 Å². The lowest BCUT2D eigenvalue weighted by atomic mass is 10.3. The van der Waals surface area contributed by atoms with Crippen molar-refractivity contribution in [2.75, 3.05) is 10.7 Å². The molecule has 1 heterocycles. The Balaban J connectivity index is 2.30. The maximum Gasteiger partial charge on any atom is 0.239 e. The zero-order valence-corrected chi connectivity index (χ0v) is 10.4. The summed E-state index contributed by atoms with van der Waals surface area (Å²) >= 11 is 11.6. The molecule has 94 valence electrons. The lowest BCUT2D eigenvalue weighted by Crippen LogP contribution is -2.11. The fourth-order valence-corrected chi connectivity index (χ4v) is 1.55. The van der Waals surface area contributed by atoms with Crippen LogP contribution in [0.25, 0.3) is 0 Å². The second kappa shape index (κ2) is 5.34. The molecule has 0 aliphatic heterocycles. The van der Waals surface area contributed by atoms with Crippen molar-refractivity contribution < 1.29 is 4.39 Å². The summed E-state index contributed by atoms with van der Waals surface area (Å²) in [6.07, 6.45) is 1.39. The fourth-order valence-electron chi connectivity index (χ4n) is 1.23. The molecule has 5 nitrogen and oxygen atoms in total. The number of rotatable bonds is 3. The molecule has 4 N–H and O–H groups in total. The van der Waals surface area contributed by atoms with Crippen LogP contribution in [0.2, 0.25) is 10.0 Å². The largest absolute Gasteiger partial charge is 0.339 e. The third-order valence-electron chi connectivity index (χ3n) is 2.06. The van der Waals surface area contributed by atoms with Crippen LogP contribution in [0.1, 0.15) is 0 Å². The Morgan fingerprint density at radius 2 is 2.00 bits per heavy atom. The first-order valence-electron chi connectivity index (χ1n) is 4.81. The topological polar surface area (TPSA) is 75.9 Å². The van der Waals surface area contributed by atoms with Crippen molar-refractivity contribution in [2.45, 2.75) is 0 Å². The molecule has 0 aliphatic rings. The molecular weight excluding hydrogens is 280 g/mol. The molecule has 0 radical (unpaired) electrons. The van der Waals surface area contributed by atoms with Crippen molar-refractivity contribution >= 4 is 40.7 Å². The van der Waals surface area contributed by atoms with Gasteiger partial charge in [0, 0.05) is 5.69 Å². The molecular formula is C10H8Cl2FN5. The Kier molecular flexibility index (Phi) is 3.81. The van der Waals surface area contributed by atoms with E-state index in [0.29, 0.717) is 16.5 Å². The Hall–Kier alpha value is -1.63. The Labute approximate surface area is 112 Å². The van der Waals surface area contributed by atoms with Gasteiger partial charge in [0.25, 0.3) is 0 Å². The average molecular weight is 288 g/mol. The number of aromatic nitrogens is 2. The predicted octanol–water partition coefficient (Wildman–Crippen LogP) is 2.95. The highest BCUT2D eigenvalue weighted by Gasteiger charge is 2.07. The molecule has 0 amide bonds. The van der Waals surface area contributed by atoms with Gasteiger partial charge in [0.1, 0.15) is 10.8 Å². The fraction of sp³-hybridized carbons (Fsp3) is 0. The van der Waals surface area contributed by atoms with Crippen LogP contribution >= 0.6 is 23.2 Å². The van der Waals surface area contributed by atoms with Gasteiger partial charge < -0.3 is 5.32 Å². The first-order chi connectivity index (χ1) is 8.60. The van der Waals surface area contributed by atoms with Crippen molar-refractivity contribution in [3.8, 4) is 0 Å². The maximum atomic E-state index is 13.0. The van der Waals surface area contributed by atoms with Crippen LogP contribution in [0.5, 0.6) is 0 Å². The van der Waals surface area contributed by atoms with Gasteiger partial charge in [-0.05, 0) is 18.2 Å². The van der Waals surface area contributed by atoms with Gasteiger partial charge in [-0.3, -0.25) is 5.43 Å². The number of hydrogen-bond donors (Lipinski definition) is 3. The summed E-state index contributed by atoms with van der Waals surface area (Å²) in [6.45, 7) is 0. The molecule has 0 aliphatic carbocycles. The minimum Gasteiger partial charge on any atom is -0.339 e. The summed E-state index contributed by atoms with van der Waals surface area (Å²) in [5, 5.41) is 3.19. The summed E-state index contributed by atoms with van der Waals surface area (Å²) in [7, 11) is 0. The van der Waals surface area contributed by atoms with E-state index < -0.39 is 5.82 Å². The van der Waals surface area contributed by atoms with E-state index in [1.54, 1.807) is 0 Å². The van der Waals surface area contributed by atoms with Gasteiger partial charge in [0.2, 0.25) is 5.95 Å². The van der Waals surface area contributed by atoms with Gasteiger partial charge in [-0.2, -0.15) is 4.98 Å². The number of anilines is 3. The van der Waals surface area contributed by atoms with E-state index in [4.69, 9.17) is 29.0 Å². The number of nitrogen functional groups attached to an aromatic ring is 1. The van der Waals surface area contributed by atoms with E-state index in [9.17, 15) is 4.39 Å². The van der Waals surface area contributed by atoms with Gasteiger partial charge in [0.15, 0.2) is 5.82 Å². The van der Waals surface area contributed by atoms with Crippen LogP contribution in [0, 0.1) is 5.82 Å². The number of hydrogen-bond acceptors (Lipinski definition) is 5. The van der Waals surface area contributed by atoms with Crippen LogP contribution in [0.4, 0.5) is 21.8 Å². The minimum absolute atomic E-state index is 0.00218. The van der Waals surface area contributed by atoms with Gasteiger partial charge >= 0.3 is 0 Å². The highest BCUT2D eigenvalue weighted by atomic mass is 35.5. The van der Waals surface area contributed by atoms with Gasteiger partial charge in [-0.15, -0.1) is 0 Å². The normalized spacial score (nSPS) is 10.2. The molecule has 8 heteroatoms. The zero-order chi connectivity index (χ0) is 13.1. The van der Waals surface area contributed by atoms with Crippen molar-refractivity contribution in [2.24, 2.45) is 5.84 Å². The number of nitrogens with one attached hydrogen (secondary N) is 2. The SMILES string of the molecule is NNc1ncc(Cl)c(Nc2ccc(F)c(Cl)c2)n1. The van der Waals surface area contributed by atoms with Crippen molar-refractivity contribution in [1.82, 2.24) is 9.97 Å². The molecule has 0 saturated heterocycles. The van der Waals surface area contributed by atoms with Crippen LogP contribution < -0.4 is 16.6 Å². The van der Waals surface area contributed by atoms with Crippen LogP contribution in [0.15, 0.2) is 24.4 Å². The first-order valence-corrected chi connectivity index (χ1v) is 5.57. The molecule has 0 bridgehead atoms. The Morgan fingerprint density at radius 1 is 1.22 bits per heavy atom. The molecule has 2 rings (SSSR count). The standard InChI is InChI=1S/C10H8Cl2FN5/c11-6-3-5(1-2-8(6)13)16-9-7(12)4-15-10(17-9)18-14/h1-4H,14H2,(H2,15,16,17,18). The van der Waals surface area contributed by atoms with Gasteiger partial charge in [0.05, 0.1) is 11.2 Å².